The molecule has 12 heavy (non-hydrogen) atoms. The zero-order valence-electron chi connectivity index (χ0n) is 9.09. The molecule has 0 amide bonds. The molecule has 0 aromatic heterocycles. The average Bonchev–Trinajstić information content (AvgIpc) is 1.82. The van der Waals surface area contributed by atoms with Crippen LogP contribution in [0.4, 0.5) is 0 Å². The summed E-state index contributed by atoms with van der Waals surface area (Å²) in [6.45, 7) is 13.1. The molecule has 0 aromatic rings. The van der Waals surface area contributed by atoms with Crippen molar-refractivity contribution in [3.8, 4) is 0 Å². The summed E-state index contributed by atoms with van der Waals surface area (Å²) in [6.07, 6.45) is 0. The quantitative estimate of drug-likeness (QED) is 0.684. The van der Waals surface area contributed by atoms with E-state index in [0.717, 1.165) is 19.6 Å². The Morgan fingerprint density at radius 2 is 1.83 bits per heavy atom. The molecule has 2 nitrogen and oxygen atoms in total. The van der Waals surface area contributed by atoms with Gasteiger partial charge in [0.1, 0.15) is 0 Å². The molecule has 0 unspecified atom stereocenters. The van der Waals surface area contributed by atoms with Crippen LogP contribution in [-0.2, 0) is 0 Å². The lowest BCUT2D eigenvalue weighted by Crippen LogP contribution is -2.40. The van der Waals surface area contributed by atoms with E-state index in [2.05, 4.69) is 25.7 Å². The van der Waals surface area contributed by atoms with E-state index in [4.69, 9.17) is 0 Å². The van der Waals surface area contributed by atoms with Crippen molar-refractivity contribution in [1.82, 2.24) is 4.90 Å². The molecule has 1 N–H and O–H groups in total. The third-order valence-electron chi connectivity index (χ3n) is 1.68. The van der Waals surface area contributed by atoms with Gasteiger partial charge in [0, 0.05) is 13.1 Å². The molecular formula is C10H23NO. The van der Waals surface area contributed by atoms with Gasteiger partial charge >= 0.3 is 0 Å². The third kappa shape index (κ3) is 6.62. The predicted octanol–water partition coefficient (Wildman–Crippen LogP) is 1.74. The smallest absolute Gasteiger partial charge is 0.0718 e. The standard InChI is InChI=1S/C10H23NO/c1-6-11(7-9(2)3)8-10(4,5)12/h9,12H,6-8H2,1-5H3. The molecule has 74 valence electrons. The molecule has 0 aliphatic rings. The molecular weight excluding hydrogens is 150 g/mol. The summed E-state index contributed by atoms with van der Waals surface area (Å²) in [7, 11) is 0. The van der Waals surface area contributed by atoms with Gasteiger partial charge < -0.3 is 10.0 Å². The Morgan fingerprint density at radius 3 is 2.08 bits per heavy atom. The van der Waals surface area contributed by atoms with Crippen LogP contribution >= 0.6 is 0 Å². The predicted molar refractivity (Wildman–Crippen MR) is 53.2 cm³/mol. The van der Waals surface area contributed by atoms with Crippen LogP contribution < -0.4 is 0 Å². The molecule has 0 atom stereocenters. The fraction of sp³-hybridized carbons (Fsp3) is 1.00. The molecule has 0 aromatic carbocycles. The first-order chi connectivity index (χ1) is 5.35. The number of aliphatic hydroxyl groups is 1. The highest BCUT2D eigenvalue weighted by molar-refractivity contribution is 4.71. The van der Waals surface area contributed by atoms with E-state index in [1.165, 1.54) is 0 Å². The Hall–Kier alpha value is -0.0800. The van der Waals surface area contributed by atoms with E-state index >= 15 is 0 Å². The Balaban J connectivity index is 3.83. The number of nitrogens with zero attached hydrogens (tertiary/aromatic N) is 1. The van der Waals surface area contributed by atoms with Gasteiger partial charge in [0.2, 0.25) is 0 Å². The third-order valence-corrected chi connectivity index (χ3v) is 1.68. The molecule has 0 aliphatic carbocycles. The maximum atomic E-state index is 9.59. The molecule has 0 radical (unpaired) electrons. The maximum Gasteiger partial charge on any atom is 0.0718 e. The van der Waals surface area contributed by atoms with E-state index in [0.29, 0.717) is 5.92 Å². The minimum Gasteiger partial charge on any atom is -0.389 e. The summed E-state index contributed by atoms with van der Waals surface area (Å²) < 4.78 is 0. The number of likely N-dealkylation sites (N-methyl/N-ethyl adjacent to an activating group) is 1. The van der Waals surface area contributed by atoms with Crippen molar-refractivity contribution >= 4 is 0 Å². The van der Waals surface area contributed by atoms with Gasteiger partial charge in [-0.2, -0.15) is 0 Å². The minimum absolute atomic E-state index is 0.565. The van der Waals surface area contributed by atoms with Gasteiger partial charge in [-0.1, -0.05) is 20.8 Å². The van der Waals surface area contributed by atoms with E-state index in [9.17, 15) is 5.11 Å². The summed E-state index contributed by atoms with van der Waals surface area (Å²) in [5, 5.41) is 9.59. The van der Waals surface area contributed by atoms with Gasteiger partial charge in [-0.15, -0.1) is 0 Å². The largest absolute Gasteiger partial charge is 0.389 e. The molecule has 0 saturated heterocycles. The molecule has 0 heterocycles. The van der Waals surface area contributed by atoms with Crippen molar-refractivity contribution in [3.63, 3.8) is 0 Å². The summed E-state index contributed by atoms with van der Waals surface area (Å²) >= 11 is 0. The van der Waals surface area contributed by atoms with Crippen molar-refractivity contribution in [2.45, 2.75) is 40.2 Å². The fourth-order valence-corrected chi connectivity index (χ4v) is 1.37. The fourth-order valence-electron chi connectivity index (χ4n) is 1.37. The van der Waals surface area contributed by atoms with Gasteiger partial charge in [-0.05, 0) is 26.3 Å². The van der Waals surface area contributed by atoms with E-state index in [1.54, 1.807) is 0 Å². The number of hydrogen-bond acceptors (Lipinski definition) is 2. The van der Waals surface area contributed by atoms with Crippen molar-refractivity contribution in [3.05, 3.63) is 0 Å². The monoisotopic (exact) mass is 173 g/mol. The van der Waals surface area contributed by atoms with Crippen LogP contribution in [0.5, 0.6) is 0 Å². The van der Waals surface area contributed by atoms with Crippen molar-refractivity contribution in [2.75, 3.05) is 19.6 Å². The zero-order chi connectivity index (χ0) is 9.78. The lowest BCUT2D eigenvalue weighted by molar-refractivity contribution is 0.0344. The minimum atomic E-state index is -0.565. The maximum absolute atomic E-state index is 9.59. The van der Waals surface area contributed by atoms with Gasteiger partial charge in [0.25, 0.3) is 0 Å². The van der Waals surface area contributed by atoms with Crippen LogP contribution in [0.15, 0.2) is 0 Å². The topological polar surface area (TPSA) is 23.5 Å². The van der Waals surface area contributed by atoms with Crippen LogP contribution in [-0.4, -0.2) is 35.2 Å². The lowest BCUT2D eigenvalue weighted by atomic mass is 10.1. The SMILES string of the molecule is CCN(CC(C)C)CC(C)(C)O. The van der Waals surface area contributed by atoms with Crippen LogP contribution in [0.1, 0.15) is 34.6 Å². The summed E-state index contributed by atoms with van der Waals surface area (Å²) in [6, 6.07) is 0. The first-order valence-corrected chi connectivity index (χ1v) is 4.80. The molecule has 2 heteroatoms. The lowest BCUT2D eigenvalue weighted by Gasteiger charge is -2.29. The van der Waals surface area contributed by atoms with Crippen molar-refractivity contribution < 1.29 is 5.11 Å². The van der Waals surface area contributed by atoms with Crippen molar-refractivity contribution in [1.29, 1.82) is 0 Å². The first-order valence-electron chi connectivity index (χ1n) is 4.80. The molecule has 0 fully saturated rings. The molecule has 0 spiro atoms. The van der Waals surface area contributed by atoms with Gasteiger partial charge in [-0.3, -0.25) is 0 Å². The molecule has 0 rings (SSSR count). The highest BCUT2D eigenvalue weighted by Crippen LogP contribution is 2.06. The Bertz CT molecular complexity index is 115. The molecule has 0 bridgehead atoms. The Morgan fingerprint density at radius 1 is 1.33 bits per heavy atom. The normalized spacial score (nSPS) is 13.0. The van der Waals surface area contributed by atoms with E-state index in [1.807, 2.05) is 13.8 Å². The van der Waals surface area contributed by atoms with Crippen LogP contribution in [0.25, 0.3) is 0 Å². The summed E-state index contributed by atoms with van der Waals surface area (Å²) in [4.78, 5) is 2.28. The second-order valence-electron chi connectivity index (χ2n) is 4.53. The Labute approximate surface area is 76.6 Å². The van der Waals surface area contributed by atoms with Gasteiger partial charge in [0.15, 0.2) is 0 Å². The first kappa shape index (κ1) is 11.9. The van der Waals surface area contributed by atoms with Crippen molar-refractivity contribution in [2.24, 2.45) is 5.92 Å². The van der Waals surface area contributed by atoms with Crippen LogP contribution in [0, 0.1) is 5.92 Å². The van der Waals surface area contributed by atoms with Gasteiger partial charge in [-0.25, -0.2) is 0 Å². The Kier molecular flexibility index (Phi) is 4.80. The second-order valence-corrected chi connectivity index (χ2v) is 4.53. The highest BCUT2D eigenvalue weighted by atomic mass is 16.3. The average molecular weight is 173 g/mol. The van der Waals surface area contributed by atoms with E-state index in [-0.39, 0.29) is 0 Å². The zero-order valence-corrected chi connectivity index (χ0v) is 9.09. The van der Waals surface area contributed by atoms with Crippen LogP contribution in [0.3, 0.4) is 0 Å². The van der Waals surface area contributed by atoms with Crippen LogP contribution in [0.2, 0.25) is 0 Å². The van der Waals surface area contributed by atoms with E-state index < -0.39 is 5.60 Å². The number of hydrogen-bond donors (Lipinski definition) is 1. The highest BCUT2D eigenvalue weighted by Gasteiger charge is 2.17. The summed E-state index contributed by atoms with van der Waals surface area (Å²) in [5.74, 6) is 0.673. The van der Waals surface area contributed by atoms with Gasteiger partial charge in [0.05, 0.1) is 5.60 Å². The molecule has 0 aliphatic heterocycles. The number of rotatable bonds is 5. The molecule has 0 saturated carbocycles. The second kappa shape index (κ2) is 4.83. The summed E-state index contributed by atoms with van der Waals surface area (Å²) in [5.41, 5.74) is -0.565.